The van der Waals surface area contributed by atoms with E-state index in [1.807, 2.05) is 11.0 Å². The van der Waals surface area contributed by atoms with Crippen LogP contribution in [0.1, 0.15) is 49.7 Å². The molecule has 4 bridgehead atoms. The molecule has 2 fully saturated rings. The van der Waals surface area contributed by atoms with Crippen molar-refractivity contribution < 1.29 is 36.7 Å². The van der Waals surface area contributed by atoms with Crippen molar-refractivity contribution in [2.45, 2.75) is 57.4 Å². The van der Waals surface area contributed by atoms with Gasteiger partial charge in [-0.2, -0.15) is 0 Å². The molecular weight excluding hydrogens is 627 g/mol. The second kappa shape index (κ2) is 14.9. The molecular formula is C34H45FN4O7S. The Hall–Kier alpha value is -3.87. The molecule has 256 valence electrons. The summed E-state index contributed by atoms with van der Waals surface area (Å²) in [6, 6.07) is 8.99. The van der Waals surface area contributed by atoms with E-state index in [-0.39, 0.29) is 41.3 Å². The summed E-state index contributed by atoms with van der Waals surface area (Å²) in [6.07, 6.45) is 5.66. The summed E-state index contributed by atoms with van der Waals surface area (Å²) in [5.74, 6) is 0.305. The SMILES string of the molecule is COc1cc2cc(c1OC)CCCNC(=O)CCC[C@H]1[C@@H]3C[C@@H](CN(C(=O)CN(c4cccc(F)c4)S(C)(=O)=O)C3)CN1C(=O)CC2. The van der Waals surface area contributed by atoms with Crippen LogP contribution in [0.2, 0.25) is 0 Å². The minimum absolute atomic E-state index is 0.0223. The number of halogens is 1. The molecule has 0 aliphatic carbocycles. The molecule has 5 rings (SSSR count). The number of carbonyl (C=O) groups excluding carboxylic acids is 3. The van der Waals surface area contributed by atoms with Crippen molar-refractivity contribution in [3.8, 4) is 11.5 Å². The molecule has 3 aliphatic heterocycles. The highest BCUT2D eigenvalue weighted by Crippen LogP contribution is 2.37. The van der Waals surface area contributed by atoms with E-state index in [1.165, 1.54) is 18.2 Å². The topological polar surface area (TPSA) is 126 Å². The van der Waals surface area contributed by atoms with Gasteiger partial charge in [-0.3, -0.25) is 18.7 Å². The largest absolute Gasteiger partial charge is 0.493 e. The van der Waals surface area contributed by atoms with E-state index >= 15 is 0 Å². The number of hydrogen-bond acceptors (Lipinski definition) is 7. The lowest BCUT2D eigenvalue weighted by molar-refractivity contribution is -0.145. The molecule has 3 amide bonds. The van der Waals surface area contributed by atoms with Gasteiger partial charge >= 0.3 is 0 Å². The number of piperidine rings is 2. The number of amides is 3. The fourth-order valence-electron chi connectivity index (χ4n) is 7.36. The molecule has 2 aromatic rings. The minimum Gasteiger partial charge on any atom is -0.493 e. The minimum atomic E-state index is -3.87. The first-order chi connectivity index (χ1) is 22.5. The van der Waals surface area contributed by atoms with Crippen LogP contribution in [0.4, 0.5) is 10.1 Å². The van der Waals surface area contributed by atoms with Gasteiger partial charge in [0, 0.05) is 45.1 Å². The Labute approximate surface area is 276 Å². The van der Waals surface area contributed by atoms with Crippen molar-refractivity contribution in [3.63, 3.8) is 0 Å². The van der Waals surface area contributed by atoms with Crippen molar-refractivity contribution in [1.82, 2.24) is 15.1 Å². The smallest absolute Gasteiger partial charge is 0.243 e. The highest BCUT2D eigenvalue weighted by molar-refractivity contribution is 7.92. The molecule has 11 nitrogen and oxygen atoms in total. The second-order valence-corrected chi connectivity index (χ2v) is 14.8. The van der Waals surface area contributed by atoms with Crippen molar-refractivity contribution in [2.75, 3.05) is 57.5 Å². The Balaban J connectivity index is 1.35. The van der Waals surface area contributed by atoms with E-state index in [0.717, 1.165) is 40.6 Å². The van der Waals surface area contributed by atoms with Gasteiger partial charge in [0.05, 0.1) is 26.2 Å². The summed E-state index contributed by atoms with van der Waals surface area (Å²) in [7, 11) is -0.671. The van der Waals surface area contributed by atoms with E-state index < -0.39 is 22.4 Å². The van der Waals surface area contributed by atoms with E-state index in [0.29, 0.717) is 76.2 Å². The van der Waals surface area contributed by atoms with Crippen molar-refractivity contribution in [2.24, 2.45) is 11.8 Å². The van der Waals surface area contributed by atoms with Crippen LogP contribution >= 0.6 is 0 Å². The van der Waals surface area contributed by atoms with Crippen LogP contribution in [0, 0.1) is 17.7 Å². The van der Waals surface area contributed by atoms with E-state index in [1.54, 1.807) is 19.1 Å². The van der Waals surface area contributed by atoms with Gasteiger partial charge in [-0.25, -0.2) is 12.8 Å². The van der Waals surface area contributed by atoms with Gasteiger partial charge in [0.25, 0.3) is 0 Å². The number of hydrogen-bond donors (Lipinski definition) is 1. The zero-order valence-electron chi connectivity index (χ0n) is 27.4. The predicted molar refractivity (Wildman–Crippen MR) is 175 cm³/mol. The average Bonchev–Trinajstić information content (AvgIpc) is 3.03. The molecule has 0 aromatic heterocycles. The number of sulfonamides is 1. The van der Waals surface area contributed by atoms with Crippen LogP contribution in [0.3, 0.4) is 0 Å². The summed E-state index contributed by atoms with van der Waals surface area (Å²) < 4.78 is 51.4. The zero-order valence-corrected chi connectivity index (χ0v) is 28.2. The Morgan fingerprint density at radius 2 is 1.83 bits per heavy atom. The van der Waals surface area contributed by atoms with Gasteiger partial charge < -0.3 is 24.6 Å². The molecule has 3 aliphatic rings. The number of ether oxygens (including phenoxy) is 2. The molecule has 0 radical (unpaired) electrons. The summed E-state index contributed by atoms with van der Waals surface area (Å²) in [4.78, 5) is 43.8. The normalized spacial score (nSPS) is 22.6. The quantitative estimate of drug-likeness (QED) is 0.500. The number of nitrogens with one attached hydrogen (secondary N) is 1. The predicted octanol–water partition coefficient (Wildman–Crippen LogP) is 3.15. The number of nitrogens with zero attached hydrogens (tertiary/aromatic N) is 3. The number of fused-ring (bicyclic) bond motifs is 6. The van der Waals surface area contributed by atoms with E-state index in [9.17, 15) is 27.2 Å². The summed E-state index contributed by atoms with van der Waals surface area (Å²) >= 11 is 0. The Kier molecular flexibility index (Phi) is 10.9. The molecule has 0 unspecified atom stereocenters. The van der Waals surface area contributed by atoms with Crippen molar-refractivity contribution >= 4 is 33.4 Å². The number of likely N-dealkylation sites (tertiary alicyclic amines) is 1. The number of carbonyl (C=O) groups is 3. The first-order valence-corrected chi connectivity index (χ1v) is 18.1. The summed E-state index contributed by atoms with van der Waals surface area (Å²) in [5, 5.41) is 3.01. The number of aryl methyl sites for hydroxylation is 2. The highest BCUT2D eigenvalue weighted by Gasteiger charge is 2.43. The summed E-state index contributed by atoms with van der Waals surface area (Å²) in [5.41, 5.74) is 2.03. The van der Waals surface area contributed by atoms with Crippen LogP contribution < -0.4 is 19.1 Å². The molecule has 13 heteroatoms. The van der Waals surface area contributed by atoms with Gasteiger partial charge in [-0.05, 0) is 85.8 Å². The van der Waals surface area contributed by atoms with E-state index in [4.69, 9.17) is 9.47 Å². The van der Waals surface area contributed by atoms with Gasteiger partial charge in [0.2, 0.25) is 27.7 Å². The van der Waals surface area contributed by atoms with Gasteiger partial charge in [0.1, 0.15) is 12.4 Å². The monoisotopic (exact) mass is 672 g/mol. The molecule has 3 atom stereocenters. The molecule has 47 heavy (non-hydrogen) atoms. The lowest BCUT2D eigenvalue weighted by Crippen LogP contribution is -2.61. The number of rotatable bonds is 6. The lowest BCUT2D eigenvalue weighted by atomic mass is 9.77. The van der Waals surface area contributed by atoms with E-state index in [2.05, 4.69) is 11.4 Å². The fraction of sp³-hybridized carbons (Fsp3) is 0.559. The Morgan fingerprint density at radius 1 is 1.02 bits per heavy atom. The maximum absolute atomic E-state index is 14.0. The number of anilines is 1. The number of benzene rings is 2. The second-order valence-electron chi connectivity index (χ2n) is 12.9. The van der Waals surface area contributed by atoms with Crippen LogP contribution in [0.25, 0.3) is 0 Å². The average molecular weight is 673 g/mol. The molecule has 2 aromatic carbocycles. The molecule has 0 saturated carbocycles. The zero-order chi connectivity index (χ0) is 33.7. The standard InChI is InChI=1S/C34H45FN4O7S/c1-45-30-17-23-12-13-32(41)38-20-24-16-26(29(38)10-5-11-31(40)36-14-6-7-25(15-23)34(30)46-2)21-37(19-24)33(42)22-39(47(3,43)44)28-9-4-8-27(35)18-28/h4,8-9,15,17-18,24,26,29H,5-7,10-14,16,19-22H2,1-3H3,(H,36,40)/t24-,26+,29-/m0/s1. The number of methoxy groups -OCH3 is 2. The third-order valence-electron chi connectivity index (χ3n) is 9.51. The third kappa shape index (κ3) is 8.35. The highest BCUT2D eigenvalue weighted by atomic mass is 32.2. The van der Waals surface area contributed by atoms with Crippen LogP contribution in [-0.4, -0.2) is 95.2 Å². The maximum atomic E-state index is 14.0. The fourth-order valence-corrected chi connectivity index (χ4v) is 8.20. The van der Waals surface area contributed by atoms with Crippen LogP contribution in [0.5, 0.6) is 11.5 Å². The van der Waals surface area contributed by atoms with Gasteiger partial charge in [-0.1, -0.05) is 12.1 Å². The Bertz CT molecular complexity index is 1590. The maximum Gasteiger partial charge on any atom is 0.243 e. The van der Waals surface area contributed by atoms with Crippen LogP contribution in [-0.2, 0) is 37.2 Å². The third-order valence-corrected chi connectivity index (χ3v) is 10.6. The lowest BCUT2D eigenvalue weighted by Gasteiger charge is -2.51. The Morgan fingerprint density at radius 3 is 2.55 bits per heavy atom. The van der Waals surface area contributed by atoms with Crippen LogP contribution in [0.15, 0.2) is 36.4 Å². The van der Waals surface area contributed by atoms with Crippen molar-refractivity contribution in [3.05, 3.63) is 53.3 Å². The van der Waals surface area contributed by atoms with Gasteiger partial charge in [-0.15, -0.1) is 0 Å². The van der Waals surface area contributed by atoms with Gasteiger partial charge in [0.15, 0.2) is 11.5 Å². The molecule has 0 spiro atoms. The molecule has 1 N–H and O–H groups in total. The molecule has 2 saturated heterocycles. The molecule has 3 heterocycles. The summed E-state index contributed by atoms with van der Waals surface area (Å²) in [6.45, 7) is 1.34. The first kappa shape index (κ1) is 34.5. The van der Waals surface area contributed by atoms with Crippen molar-refractivity contribution in [1.29, 1.82) is 0 Å². The first-order valence-electron chi connectivity index (χ1n) is 16.3.